The fourth-order valence-corrected chi connectivity index (χ4v) is 4.33. The second kappa shape index (κ2) is 11.0. The van der Waals surface area contributed by atoms with E-state index in [4.69, 9.17) is 32.7 Å². The number of carbonyl (C=O) groups is 1. The number of ether oxygens (including phenoxy) is 2. The summed E-state index contributed by atoms with van der Waals surface area (Å²) in [5, 5.41) is 12.7. The van der Waals surface area contributed by atoms with E-state index in [1.807, 2.05) is 4.90 Å². The fraction of sp³-hybridized carbons (Fsp3) is 0.231. The van der Waals surface area contributed by atoms with Crippen LogP contribution in [0.25, 0.3) is 0 Å². The van der Waals surface area contributed by atoms with Crippen LogP contribution in [0.5, 0.6) is 11.5 Å². The molecule has 186 valence electrons. The Labute approximate surface area is 216 Å². The number of amides is 1. The van der Waals surface area contributed by atoms with Crippen molar-refractivity contribution in [3.63, 3.8) is 0 Å². The van der Waals surface area contributed by atoms with Gasteiger partial charge >= 0.3 is 0 Å². The molecule has 1 saturated heterocycles. The van der Waals surface area contributed by atoms with Crippen LogP contribution < -0.4 is 19.7 Å². The molecule has 6 nitrogen and oxygen atoms in total. The Morgan fingerprint density at radius 2 is 1.78 bits per heavy atom. The van der Waals surface area contributed by atoms with Crippen LogP contribution in [0, 0.1) is 23.0 Å². The molecular weight excluding hydrogens is 511 g/mol. The number of rotatable bonds is 6. The molecule has 1 amide bonds. The first-order valence-electron chi connectivity index (χ1n) is 11.0. The van der Waals surface area contributed by atoms with E-state index in [9.17, 15) is 18.8 Å². The monoisotopic (exact) mass is 531 g/mol. The van der Waals surface area contributed by atoms with Gasteiger partial charge in [-0.2, -0.15) is 5.26 Å². The van der Waals surface area contributed by atoms with E-state index in [0.29, 0.717) is 42.9 Å². The lowest BCUT2D eigenvalue weighted by molar-refractivity contribution is 0.102. The first-order chi connectivity index (χ1) is 17.3. The minimum Gasteiger partial charge on any atom is -0.496 e. The van der Waals surface area contributed by atoms with Gasteiger partial charge in [-0.25, -0.2) is 8.78 Å². The third-order valence-electron chi connectivity index (χ3n) is 5.83. The van der Waals surface area contributed by atoms with Crippen LogP contribution in [-0.2, 0) is 0 Å². The molecule has 1 N–H and O–H groups in total. The zero-order valence-electron chi connectivity index (χ0n) is 19.2. The molecule has 1 fully saturated rings. The average Bonchev–Trinajstić information content (AvgIpc) is 2.87. The third kappa shape index (κ3) is 5.64. The molecule has 1 aliphatic rings. The molecule has 0 unspecified atom stereocenters. The lowest BCUT2D eigenvalue weighted by Crippen LogP contribution is -2.38. The number of nitrogens with zero attached hydrogens (tertiary/aromatic N) is 2. The zero-order chi connectivity index (χ0) is 25.8. The van der Waals surface area contributed by atoms with Crippen molar-refractivity contribution < 1.29 is 23.0 Å². The molecule has 1 heterocycles. The quantitative estimate of drug-likeness (QED) is 0.395. The van der Waals surface area contributed by atoms with Crippen molar-refractivity contribution in [3.05, 3.63) is 81.3 Å². The first-order valence-corrected chi connectivity index (χ1v) is 11.8. The summed E-state index contributed by atoms with van der Waals surface area (Å²) in [6, 6.07) is 13.2. The summed E-state index contributed by atoms with van der Waals surface area (Å²) in [6.45, 7) is 1.11. The van der Waals surface area contributed by atoms with Gasteiger partial charge in [0.25, 0.3) is 5.91 Å². The van der Waals surface area contributed by atoms with Crippen molar-refractivity contribution in [2.75, 3.05) is 30.4 Å². The summed E-state index contributed by atoms with van der Waals surface area (Å²) in [7, 11) is 1.42. The van der Waals surface area contributed by atoms with Crippen LogP contribution in [-0.4, -0.2) is 32.2 Å². The Balaban J connectivity index is 1.52. The zero-order valence-corrected chi connectivity index (χ0v) is 20.7. The average molecular weight is 532 g/mol. The Morgan fingerprint density at radius 1 is 1.06 bits per heavy atom. The van der Waals surface area contributed by atoms with Crippen molar-refractivity contribution in [2.24, 2.45) is 0 Å². The Bertz CT molecular complexity index is 1340. The number of hydrogen-bond donors (Lipinski definition) is 1. The Morgan fingerprint density at radius 3 is 2.44 bits per heavy atom. The van der Waals surface area contributed by atoms with Crippen LogP contribution >= 0.6 is 23.2 Å². The normalized spacial score (nSPS) is 13.7. The first kappa shape index (κ1) is 25.5. The van der Waals surface area contributed by atoms with E-state index in [-0.39, 0.29) is 33.2 Å². The number of hydrogen-bond acceptors (Lipinski definition) is 5. The SMILES string of the molecule is COc1cc(Cl)c(Cl)cc1C(=O)Nc1cc(C#N)ccc1N1CCC(Oc2ccc(F)cc2F)CC1. The molecule has 10 heteroatoms. The smallest absolute Gasteiger partial charge is 0.259 e. The molecule has 0 radical (unpaired) electrons. The van der Waals surface area contributed by atoms with Crippen molar-refractivity contribution in [1.82, 2.24) is 0 Å². The summed E-state index contributed by atoms with van der Waals surface area (Å²) in [5.74, 6) is -1.62. The van der Waals surface area contributed by atoms with Gasteiger partial charge in [0.2, 0.25) is 0 Å². The maximum Gasteiger partial charge on any atom is 0.259 e. The largest absolute Gasteiger partial charge is 0.496 e. The number of piperidine rings is 1. The summed E-state index contributed by atoms with van der Waals surface area (Å²) < 4.78 is 38.2. The molecule has 0 saturated carbocycles. The molecule has 36 heavy (non-hydrogen) atoms. The fourth-order valence-electron chi connectivity index (χ4n) is 4.01. The van der Waals surface area contributed by atoms with Crippen LogP contribution in [0.2, 0.25) is 10.0 Å². The molecular formula is C26H21Cl2F2N3O3. The summed E-state index contributed by atoms with van der Waals surface area (Å²) >= 11 is 12.1. The number of halogens is 4. The molecule has 0 aromatic heterocycles. The highest BCUT2D eigenvalue weighted by Gasteiger charge is 2.25. The van der Waals surface area contributed by atoms with Gasteiger partial charge in [-0.3, -0.25) is 4.79 Å². The molecule has 0 atom stereocenters. The highest BCUT2D eigenvalue weighted by molar-refractivity contribution is 6.42. The van der Waals surface area contributed by atoms with Crippen LogP contribution in [0.4, 0.5) is 20.2 Å². The Kier molecular flexibility index (Phi) is 7.82. The minimum absolute atomic E-state index is 0.0109. The van der Waals surface area contributed by atoms with E-state index in [0.717, 1.165) is 12.1 Å². The Hall–Kier alpha value is -3.54. The predicted octanol–water partition coefficient (Wildman–Crippen LogP) is 6.45. The minimum atomic E-state index is -0.743. The second-order valence-corrected chi connectivity index (χ2v) is 8.96. The van der Waals surface area contributed by atoms with Gasteiger partial charge in [0.05, 0.1) is 45.7 Å². The van der Waals surface area contributed by atoms with E-state index >= 15 is 0 Å². The van der Waals surface area contributed by atoms with Gasteiger partial charge in [0.15, 0.2) is 11.6 Å². The summed E-state index contributed by atoms with van der Waals surface area (Å²) in [5.41, 5.74) is 1.72. The number of nitrogens with one attached hydrogen (secondary N) is 1. The van der Waals surface area contributed by atoms with Crippen molar-refractivity contribution in [3.8, 4) is 17.6 Å². The number of anilines is 2. The standard InChI is InChI=1S/C26H21Cl2F2N3O3/c1-35-25-13-20(28)19(27)12-18(25)26(34)32-22-10-15(14-31)2-4-23(22)33-8-6-17(7-9-33)36-24-5-3-16(29)11-21(24)30/h2-5,10-13,17H,6-9H2,1H3,(H,32,34). The van der Waals surface area contributed by atoms with Gasteiger partial charge in [0.1, 0.15) is 17.7 Å². The van der Waals surface area contributed by atoms with Gasteiger partial charge in [0, 0.05) is 38.1 Å². The van der Waals surface area contributed by atoms with Gasteiger partial charge < -0.3 is 19.7 Å². The topological polar surface area (TPSA) is 74.6 Å². The number of benzene rings is 3. The number of nitriles is 1. The molecule has 3 aromatic rings. The molecule has 4 rings (SSSR count). The molecule has 0 spiro atoms. The van der Waals surface area contributed by atoms with Crippen LogP contribution in [0.3, 0.4) is 0 Å². The van der Waals surface area contributed by atoms with Crippen LogP contribution in [0.15, 0.2) is 48.5 Å². The van der Waals surface area contributed by atoms with Crippen molar-refractivity contribution in [2.45, 2.75) is 18.9 Å². The lowest BCUT2D eigenvalue weighted by atomic mass is 10.0. The number of methoxy groups -OCH3 is 1. The third-order valence-corrected chi connectivity index (χ3v) is 6.55. The highest BCUT2D eigenvalue weighted by atomic mass is 35.5. The van der Waals surface area contributed by atoms with Crippen LogP contribution in [0.1, 0.15) is 28.8 Å². The maximum absolute atomic E-state index is 14.0. The molecule has 3 aromatic carbocycles. The molecule has 1 aliphatic heterocycles. The molecule has 0 bridgehead atoms. The summed E-state index contributed by atoms with van der Waals surface area (Å²) in [4.78, 5) is 15.2. The highest BCUT2D eigenvalue weighted by Crippen LogP contribution is 2.34. The second-order valence-electron chi connectivity index (χ2n) is 8.14. The van der Waals surface area contributed by atoms with E-state index in [2.05, 4.69) is 11.4 Å². The molecule has 0 aliphatic carbocycles. The predicted molar refractivity (Wildman–Crippen MR) is 134 cm³/mol. The van der Waals surface area contributed by atoms with E-state index in [1.54, 1.807) is 18.2 Å². The van der Waals surface area contributed by atoms with Gasteiger partial charge in [-0.05, 0) is 36.4 Å². The van der Waals surface area contributed by atoms with Crippen molar-refractivity contribution >= 4 is 40.5 Å². The van der Waals surface area contributed by atoms with Crippen molar-refractivity contribution in [1.29, 1.82) is 5.26 Å². The lowest BCUT2D eigenvalue weighted by Gasteiger charge is -2.35. The van der Waals surface area contributed by atoms with Gasteiger partial charge in [-0.1, -0.05) is 23.2 Å². The van der Waals surface area contributed by atoms with E-state index in [1.165, 1.54) is 25.3 Å². The van der Waals surface area contributed by atoms with Gasteiger partial charge in [-0.15, -0.1) is 0 Å². The maximum atomic E-state index is 14.0. The van der Waals surface area contributed by atoms with E-state index < -0.39 is 17.5 Å². The summed E-state index contributed by atoms with van der Waals surface area (Å²) in [6.07, 6.45) is 0.897. The number of carbonyl (C=O) groups excluding carboxylic acids is 1.